The zero-order valence-corrected chi connectivity index (χ0v) is 9.83. The number of hydrogen-bond acceptors (Lipinski definition) is 5. The van der Waals surface area contributed by atoms with Crippen molar-refractivity contribution < 1.29 is 22.3 Å². The molecule has 0 aromatic carbocycles. The normalized spacial score (nSPS) is 11.2. The van der Waals surface area contributed by atoms with Crippen LogP contribution in [-0.2, 0) is 19.6 Å². The Hall–Kier alpha value is -1.54. The van der Waals surface area contributed by atoms with Gasteiger partial charge in [-0.3, -0.25) is 9.78 Å². The molecule has 0 saturated carbocycles. The second-order valence-corrected chi connectivity index (χ2v) is 4.74. The highest BCUT2D eigenvalue weighted by atomic mass is 32.2. The van der Waals surface area contributed by atoms with Crippen LogP contribution in [0.4, 0.5) is 4.39 Å². The van der Waals surface area contributed by atoms with E-state index in [1.807, 2.05) is 4.72 Å². The lowest BCUT2D eigenvalue weighted by atomic mass is 10.5. The van der Waals surface area contributed by atoms with E-state index in [0.29, 0.717) is 0 Å². The quantitative estimate of drug-likeness (QED) is 0.758. The van der Waals surface area contributed by atoms with Gasteiger partial charge in [-0.15, -0.1) is 0 Å². The van der Waals surface area contributed by atoms with E-state index in [1.165, 1.54) is 0 Å². The third-order valence-electron chi connectivity index (χ3n) is 1.70. The van der Waals surface area contributed by atoms with Gasteiger partial charge >= 0.3 is 5.97 Å². The minimum atomic E-state index is -3.95. The molecule has 0 radical (unpaired) electrons. The van der Waals surface area contributed by atoms with Crippen molar-refractivity contribution in [2.45, 2.75) is 11.8 Å². The van der Waals surface area contributed by atoms with E-state index in [4.69, 9.17) is 0 Å². The second-order valence-electron chi connectivity index (χ2n) is 2.97. The van der Waals surface area contributed by atoms with Crippen LogP contribution in [-0.4, -0.2) is 32.5 Å². The molecule has 1 N–H and O–H groups in total. The number of esters is 1. The van der Waals surface area contributed by atoms with Gasteiger partial charge in [-0.1, -0.05) is 0 Å². The second kappa shape index (κ2) is 5.69. The Kier molecular flexibility index (Phi) is 4.53. The summed E-state index contributed by atoms with van der Waals surface area (Å²) >= 11 is 0. The maximum atomic E-state index is 12.8. The van der Waals surface area contributed by atoms with Crippen molar-refractivity contribution in [3.63, 3.8) is 0 Å². The number of hydrogen-bond donors (Lipinski definition) is 1. The summed E-state index contributed by atoms with van der Waals surface area (Å²) in [5.74, 6) is -1.48. The van der Waals surface area contributed by atoms with Crippen molar-refractivity contribution in [3.8, 4) is 0 Å². The van der Waals surface area contributed by atoms with Crippen LogP contribution in [0.5, 0.6) is 0 Å². The minimum Gasteiger partial charge on any atom is -0.465 e. The summed E-state index contributed by atoms with van der Waals surface area (Å²) in [6, 6.07) is 0.806. The topological polar surface area (TPSA) is 85.4 Å². The Balaban J connectivity index is 2.73. The number of carbonyl (C=O) groups excluding carboxylic acids is 1. The van der Waals surface area contributed by atoms with Crippen LogP contribution < -0.4 is 4.72 Å². The maximum Gasteiger partial charge on any atom is 0.321 e. The fraction of sp³-hybridized carbons (Fsp3) is 0.333. The molecule has 0 atom stereocenters. The predicted molar refractivity (Wildman–Crippen MR) is 56.0 cm³/mol. The summed E-state index contributed by atoms with van der Waals surface area (Å²) in [5, 5.41) is 0. The van der Waals surface area contributed by atoms with Crippen molar-refractivity contribution in [3.05, 3.63) is 24.3 Å². The molecule has 94 valence electrons. The molecule has 17 heavy (non-hydrogen) atoms. The van der Waals surface area contributed by atoms with Crippen LogP contribution in [0.2, 0.25) is 0 Å². The van der Waals surface area contributed by atoms with Gasteiger partial charge in [0.1, 0.15) is 17.3 Å². The summed E-state index contributed by atoms with van der Waals surface area (Å²) in [6.45, 7) is 1.25. The first kappa shape index (κ1) is 13.5. The molecule has 6 nitrogen and oxygen atoms in total. The lowest BCUT2D eigenvalue weighted by Crippen LogP contribution is -2.30. The van der Waals surface area contributed by atoms with E-state index in [0.717, 1.165) is 18.5 Å². The third-order valence-corrected chi connectivity index (χ3v) is 3.07. The average molecular weight is 262 g/mol. The van der Waals surface area contributed by atoms with Crippen LogP contribution in [0.15, 0.2) is 23.4 Å². The lowest BCUT2D eigenvalue weighted by molar-refractivity contribution is -0.141. The number of ether oxygens (including phenoxy) is 1. The number of aromatic nitrogens is 1. The Morgan fingerprint density at radius 1 is 1.53 bits per heavy atom. The summed E-state index contributed by atoms with van der Waals surface area (Å²) < 4.78 is 42.4. The third kappa shape index (κ3) is 4.08. The van der Waals surface area contributed by atoms with Gasteiger partial charge in [0.05, 0.1) is 12.8 Å². The van der Waals surface area contributed by atoms with Gasteiger partial charge in [-0.2, -0.15) is 4.72 Å². The summed E-state index contributed by atoms with van der Waals surface area (Å²) in [4.78, 5) is 14.0. The molecule has 0 spiro atoms. The highest BCUT2D eigenvalue weighted by Gasteiger charge is 2.16. The van der Waals surface area contributed by atoms with Crippen LogP contribution in [0.25, 0.3) is 0 Å². The number of rotatable bonds is 5. The molecule has 0 amide bonds. The van der Waals surface area contributed by atoms with Gasteiger partial charge < -0.3 is 4.74 Å². The molecular formula is C9H11FN2O4S. The van der Waals surface area contributed by atoms with Gasteiger partial charge in [0.15, 0.2) is 0 Å². The summed E-state index contributed by atoms with van der Waals surface area (Å²) in [5.41, 5.74) is 0. The Morgan fingerprint density at radius 3 is 2.82 bits per heavy atom. The van der Waals surface area contributed by atoms with Crippen LogP contribution >= 0.6 is 0 Å². The molecule has 0 fully saturated rings. The fourth-order valence-electron chi connectivity index (χ4n) is 0.989. The highest BCUT2D eigenvalue weighted by Crippen LogP contribution is 2.07. The van der Waals surface area contributed by atoms with E-state index < -0.39 is 28.4 Å². The van der Waals surface area contributed by atoms with Crippen molar-refractivity contribution in [1.29, 1.82) is 0 Å². The molecule has 0 aliphatic heterocycles. The van der Waals surface area contributed by atoms with Gasteiger partial charge in [0.2, 0.25) is 10.0 Å². The number of sulfonamides is 1. The average Bonchev–Trinajstić information content (AvgIpc) is 2.27. The molecule has 0 aliphatic carbocycles. The van der Waals surface area contributed by atoms with Crippen molar-refractivity contribution in [1.82, 2.24) is 9.71 Å². The Labute approximate surface area is 97.9 Å². The SMILES string of the molecule is CCOC(=O)CNS(=O)(=O)c1cncc(F)c1. The molecule has 1 heterocycles. The van der Waals surface area contributed by atoms with Crippen molar-refractivity contribution >= 4 is 16.0 Å². The fourth-order valence-corrected chi connectivity index (χ4v) is 1.93. The standard InChI is InChI=1S/C9H11FN2O4S/c1-2-16-9(13)6-12-17(14,15)8-3-7(10)4-11-5-8/h3-5,12H,2,6H2,1H3. The van der Waals surface area contributed by atoms with E-state index in [-0.39, 0.29) is 11.5 Å². The van der Waals surface area contributed by atoms with Gasteiger partial charge in [0.25, 0.3) is 0 Å². The Bertz CT molecular complexity index is 503. The minimum absolute atomic E-state index is 0.155. The Morgan fingerprint density at radius 2 is 2.24 bits per heavy atom. The molecule has 0 bridgehead atoms. The molecule has 0 saturated heterocycles. The van der Waals surface area contributed by atoms with E-state index in [1.54, 1.807) is 6.92 Å². The number of nitrogens with zero attached hydrogens (tertiary/aromatic N) is 1. The zero-order chi connectivity index (χ0) is 12.9. The maximum absolute atomic E-state index is 12.8. The first-order valence-corrected chi connectivity index (χ1v) is 6.20. The van der Waals surface area contributed by atoms with E-state index >= 15 is 0 Å². The first-order chi connectivity index (χ1) is 7.95. The zero-order valence-electron chi connectivity index (χ0n) is 9.01. The summed E-state index contributed by atoms with van der Waals surface area (Å²) in [6.07, 6.45) is 1.86. The number of carbonyl (C=O) groups is 1. The molecule has 0 unspecified atom stereocenters. The molecule has 1 aromatic rings. The predicted octanol–water partition coefficient (Wildman–Crippen LogP) is 0.0621. The molecule has 1 aromatic heterocycles. The highest BCUT2D eigenvalue weighted by molar-refractivity contribution is 7.89. The smallest absolute Gasteiger partial charge is 0.321 e. The molecule has 0 aliphatic rings. The van der Waals surface area contributed by atoms with E-state index in [9.17, 15) is 17.6 Å². The van der Waals surface area contributed by atoms with Crippen LogP contribution in [0.1, 0.15) is 6.92 Å². The van der Waals surface area contributed by atoms with Crippen LogP contribution in [0.3, 0.4) is 0 Å². The number of nitrogens with one attached hydrogen (secondary N) is 1. The van der Waals surface area contributed by atoms with Gasteiger partial charge in [-0.05, 0) is 13.0 Å². The monoisotopic (exact) mass is 262 g/mol. The van der Waals surface area contributed by atoms with Crippen LogP contribution in [0, 0.1) is 5.82 Å². The summed E-state index contributed by atoms with van der Waals surface area (Å²) in [7, 11) is -3.95. The van der Waals surface area contributed by atoms with Crippen molar-refractivity contribution in [2.75, 3.05) is 13.2 Å². The number of pyridine rings is 1. The number of halogens is 1. The molecule has 8 heteroatoms. The van der Waals surface area contributed by atoms with Crippen molar-refractivity contribution in [2.24, 2.45) is 0 Å². The largest absolute Gasteiger partial charge is 0.465 e. The molecular weight excluding hydrogens is 251 g/mol. The first-order valence-electron chi connectivity index (χ1n) is 4.71. The van der Waals surface area contributed by atoms with E-state index in [2.05, 4.69) is 9.72 Å². The van der Waals surface area contributed by atoms with Gasteiger partial charge in [-0.25, -0.2) is 12.8 Å². The van der Waals surface area contributed by atoms with Gasteiger partial charge in [0, 0.05) is 6.20 Å². The molecule has 1 rings (SSSR count). The lowest BCUT2D eigenvalue weighted by Gasteiger charge is -2.05.